The van der Waals surface area contributed by atoms with Crippen LogP contribution in [0.3, 0.4) is 0 Å². The number of ether oxygens (including phenoxy) is 1. The second-order valence-corrected chi connectivity index (χ2v) is 4.74. The summed E-state index contributed by atoms with van der Waals surface area (Å²) in [7, 11) is 0. The van der Waals surface area contributed by atoms with Gasteiger partial charge >= 0.3 is 0 Å². The molecular weight excluding hydrogens is 270 g/mol. The predicted molar refractivity (Wildman–Crippen MR) is 66.4 cm³/mol. The summed E-state index contributed by atoms with van der Waals surface area (Å²) in [5.41, 5.74) is 0. The van der Waals surface area contributed by atoms with Crippen LogP contribution in [0.25, 0.3) is 0 Å². The van der Waals surface area contributed by atoms with Crippen molar-refractivity contribution in [2.75, 3.05) is 18.5 Å². The normalized spacial score (nSPS) is 16.6. The zero-order valence-corrected chi connectivity index (χ0v) is 10.7. The first-order chi connectivity index (χ1) is 7.84. The van der Waals surface area contributed by atoms with E-state index in [9.17, 15) is 0 Å². The maximum Gasteiger partial charge on any atom is 0.130 e. The van der Waals surface area contributed by atoms with Gasteiger partial charge in [-0.05, 0) is 28.8 Å². The lowest BCUT2D eigenvalue weighted by molar-refractivity contribution is 0.0658. The molecular formula is C11H16BrN3O. The minimum absolute atomic E-state index is 0.485. The van der Waals surface area contributed by atoms with Crippen LogP contribution in [-0.4, -0.2) is 29.2 Å². The Morgan fingerprint density at radius 1 is 1.38 bits per heavy atom. The number of nitrogens with one attached hydrogen (secondary N) is 1. The maximum absolute atomic E-state index is 5.74. The summed E-state index contributed by atoms with van der Waals surface area (Å²) in [5, 5.41) is 3.20. The molecule has 0 amide bonds. The van der Waals surface area contributed by atoms with Gasteiger partial charge in [0.05, 0.1) is 12.7 Å². The molecule has 0 aliphatic heterocycles. The van der Waals surface area contributed by atoms with Gasteiger partial charge in [-0.2, -0.15) is 0 Å². The number of nitrogens with zero attached hydrogens (tertiary/aromatic N) is 2. The van der Waals surface area contributed by atoms with Crippen LogP contribution in [0.1, 0.15) is 25.7 Å². The molecule has 0 unspecified atom stereocenters. The van der Waals surface area contributed by atoms with Crippen LogP contribution in [0.4, 0.5) is 5.82 Å². The Bertz CT molecular complexity index is 329. The molecule has 5 heteroatoms. The van der Waals surface area contributed by atoms with E-state index in [2.05, 4.69) is 31.2 Å². The van der Waals surface area contributed by atoms with Crippen molar-refractivity contribution < 1.29 is 4.74 Å². The van der Waals surface area contributed by atoms with E-state index in [1.54, 1.807) is 0 Å². The van der Waals surface area contributed by atoms with E-state index < -0.39 is 0 Å². The van der Waals surface area contributed by atoms with Gasteiger partial charge in [-0.25, -0.2) is 9.97 Å². The molecule has 0 saturated heterocycles. The van der Waals surface area contributed by atoms with Crippen molar-refractivity contribution in [2.45, 2.75) is 31.8 Å². The van der Waals surface area contributed by atoms with Crippen LogP contribution in [0.15, 0.2) is 17.0 Å². The quantitative estimate of drug-likeness (QED) is 0.667. The van der Waals surface area contributed by atoms with Crippen LogP contribution >= 0.6 is 15.9 Å². The highest BCUT2D eigenvalue weighted by Gasteiger charge is 2.14. The van der Waals surface area contributed by atoms with E-state index in [-0.39, 0.29) is 0 Å². The first-order valence-electron chi connectivity index (χ1n) is 5.67. The third-order valence-corrected chi connectivity index (χ3v) is 3.13. The molecule has 4 nitrogen and oxygen atoms in total. The highest BCUT2D eigenvalue weighted by atomic mass is 79.9. The Kier molecular flexibility index (Phi) is 4.54. The summed E-state index contributed by atoms with van der Waals surface area (Å²) in [6.45, 7) is 1.53. The van der Waals surface area contributed by atoms with Crippen molar-refractivity contribution in [2.24, 2.45) is 0 Å². The van der Waals surface area contributed by atoms with E-state index in [0.717, 1.165) is 23.6 Å². The fraction of sp³-hybridized carbons (Fsp3) is 0.636. The van der Waals surface area contributed by atoms with E-state index in [4.69, 9.17) is 4.74 Å². The Morgan fingerprint density at radius 3 is 2.94 bits per heavy atom. The fourth-order valence-corrected chi connectivity index (χ4v) is 2.20. The molecule has 1 fully saturated rings. The average Bonchev–Trinajstić information content (AvgIpc) is 2.77. The molecule has 0 radical (unpaired) electrons. The molecule has 1 aliphatic carbocycles. The summed E-state index contributed by atoms with van der Waals surface area (Å²) in [6, 6.07) is 1.86. The molecule has 1 aliphatic rings. The third-order valence-electron chi connectivity index (χ3n) is 2.70. The Morgan fingerprint density at radius 2 is 2.19 bits per heavy atom. The highest BCUT2D eigenvalue weighted by Crippen LogP contribution is 2.20. The van der Waals surface area contributed by atoms with Crippen molar-refractivity contribution in [3.8, 4) is 0 Å². The zero-order chi connectivity index (χ0) is 11.2. The lowest BCUT2D eigenvalue weighted by atomic mass is 10.3. The molecule has 1 saturated carbocycles. The van der Waals surface area contributed by atoms with E-state index in [1.807, 2.05) is 6.07 Å². The first-order valence-corrected chi connectivity index (χ1v) is 6.47. The standard InChI is InChI=1S/C11H16BrN3O/c12-10-7-11(15-8-14-10)13-5-6-16-9-3-1-2-4-9/h7-9H,1-6H2,(H,13,14,15). The minimum atomic E-state index is 0.485. The van der Waals surface area contributed by atoms with E-state index in [1.165, 1.54) is 32.0 Å². The van der Waals surface area contributed by atoms with Gasteiger partial charge < -0.3 is 10.1 Å². The van der Waals surface area contributed by atoms with Crippen molar-refractivity contribution in [1.82, 2.24) is 9.97 Å². The van der Waals surface area contributed by atoms with E-state index in [0.29, 0.717) is 6.10 Å². The highest BCUT2D eigenvalue weighted by molar-refractivity contribution is 9.10. The molecule has 0 aromatic carbocycles. The Hall–Kier alpha value is -0.680. The van der Waals surface area contributed by atoms with E-state index >= 15 is 0 Å². The second-order valence-electron chi connectivity index (χ2n) is 3.93. The zero-order valence-electron chi connectivity index (χ0n) is 9.16. The van der Waals surface area contributed by atoms with Crippen LogP contribution in [0.2, 0.25) is 0 Å². The molecule has 2 rings (SSSR count). The van der Waals surface area contributed by atoms with Gasteiger partial charge in [0.1, 0.15) is 16.7 Å². The lowest BCUT2D eigenvalue weighted by Gasteiger charge is -2.11. The smallest absolute Gasteiger partial charge is 0.130 e. The maximum atomic E-state index is 5.74. The molecule has 1 N–H and O–H groups in total. The third kappa shape index (κ3) is 3.72. The minimum Gasteiger partial charge on any atom is -0.376 e. The molecule has 1 heterocycles. The summed E-state index contributed by atoms with van der Waals surface area (Å²) in [6.07, 6.45) is 7.09. The molecule has 88 valence electrons. The molecule has 0 bridgehead atoms. The van der Waals surface area contributed by atoms with Gasteiger partial charge in [-0.1, -0.05) is 12.8 Å². The molecule has 1 aromatic rings. The summed E-state index contributed by atoms with van der Waals surface area (Å²) in [4.78, 5) is 8.07. The Labute approximate surface area is 104 Å². The van der Waals surface area contributed by atoms with Crippen molar-refractivity contribution >= 4 is 21.7 Å². The molecule has 16 heavy (non-hydrogen) atoms. The number of aromatic nitrogens is 2. The monoisotopic (exact) mass is 285 g/mol. The first kappa shape index (κ1) is 11.8. The largest absolute Gasteiger partial charge is 0.376 e. The van der Waals surface area contributed by atoms with Gasteiger partial charge in [0, 0.05) is 12.6 Å². The number of hydrogen-bond acceptors (Lipinski definition) is 4. The van der Waals surface area contributed by atoms with Crippen LogP contribution in [-0.2, 0) is 4.74 Å². The van der Waals surface area contributed by atoms with Crippen molar-refractivity contribution in [3.05, 3.63) is 17.0 Å². The molecule has 0 spiro atoms. The topological polar surface area (TPSA) is 47.0 Å². The van der Waals surface area contributed by atoms with Crippen molar-refractivity contribution in [1.29, 1.82) is 0 Å². The summed E-state index contributed by atoms with van der Waals surface area (Å²) in [5.74, 6) is 0.830. The Balaban J connectivity index is 1.64. The number of anilines is 1. The van der Waals surface area contributed by atoms with Gasteiger partial charge in [-0.3, -0.25) is 0 Å². The van der Waals surface area contributed by atoms with Gasteiger partial charge in [0.15, 0.2) is 0 Å². The van der Waals surface area contributed by atoms with Gasteiger partial charge in [0.25, 0.3) is 0 Å². The van der Waals surface area contributed by atoms with Gasteiger partial charge in [0.2, 0.25) is 0 Å². The summed E-state index contributed by atoms with van der Waals surface area (Å²) < 4.78 is 6.53. The van der Waals surface area contributed by atoms with Crippen molar-refractivity contribution in [3.63, 3.8) is 0 Å². The van der Waals surface area contributed by atoms with Crippen LogP contribution < -0.4 is 5.32 Å². The molecule has 1 aromatic heterocycles. The number of rotatable bonds is 5. The summed E-state index contributed by atoms with van der Waals surface area (Å²) >= 11 is 3.30. The number of halogens is 1. The van der Waals surface area contributed by atoms with Crippen LogP contribution in [0, 0.1) is 0 Å². The van der Waals surface area contributed by atoms with Gasteiger partial charge in [-0.15, -0.1) is 0 Å². The second kappa shape index (κ2) is 6.15. The average molecular weight is 286 g/mol. The number of hydrogen-bond donors (Lipinski definition) is 1. The lowest BCUT2D eigenvalue weighted by Crippen LogP contribution is -2.15. The SMILES string of the molecule is Brc1cc(NCCOC2CCCC2)ncn1. The fourth-order valence-electron chi connectivity index (χ4n) is 1.89. The molecule has 0 atom stereocenters. The predicted octanol–water partition coefficient (Wildman–Crippen LogP) is 2.61. The van der Waals surface area contributed by atoms with Crippen LogP contribution in [0.5, 0.6) is 0 Å².